The Kier molecular flexibility index (Phi) is 3.92. The first-order valence-electron chi connectivity index (χ1n) is 5.65. The van der Waals surface area contributed by atoms with E-state index in [0.717, 1.165) is 17.7 Å². The number of carbonyl (C=O) groups excluding carboxylic acids is 1. The molecule has 1 aromatic heterocycles. The van der Waals surface area contributed by atoms with Gasteiger partial charge in [0.25, 0.3) is 0 Å². The first kappa shape index (κ1) is 13.9. The largest absolute Gasteiger partial charge is 0.416 e. The lowest BCUT2D eigenvalue weighted by molar-refractivity contribution is -0.137. The van der Waals surface area contributed by atoms with Crippen molar-refractivity contribution in [3.8, 4) is 0 Å². The van der Waals surface area contributed by atoms with Crippen LogP contribution in [-0.2, 0) is 12.7 Å². The second-order valence-electron chi connectivity index (χ2n) is 3.99. The molecule has 2 rings (SSSR count). The molecule has 2 amide bonds. The van der Waals surface area contributed by atoms with Crippen LogP contribution in [-0.4, -0.2) is 16.2 Å². The minimum absolute atomic E-state index is 0.0736. The van der Waals surface area contributed by atoms with Crippen molar-refractivity contribution in [3.63, 3.8) is 0 Å². The van der Waals surface area contributed by atoms with Crippen LogP contribution in [0.4, 0.5) is 23.7 Å². The topological polar surface area (TPSA) is 69.8 Å². The van der Waals surface area contributed by atoms with Gasteiger partial charge in [-0.15, -0.1) is 0 Å². The van der Waals surface area contributed by atoms with E-state index in [4.69, 9.17) is 0 Å². The van der Waals surface area contributed by atoms with Crippen LogP contribution in [0.1, 0.15) is 11.1 Å². The lowest BCUT2D eigenvalue weighted by Crippen LogP contribution is -2.28. The average Bonchev–Trinajstić information content (AvgIpc) is 2.89. The highest BCUT2D eigenvalue weighted by Gasteiger charge is 2.30. The Morgan fingerprint density at radius 3 is 2.80 bits per heavy atom. The third-order valence-electron chi connectivity index (χ3n) is 2.46. The maximum atomic E-state index is 12.5. The summed E-state index contributed by atoms with van der Waals surface area (Å²) in [5.74, 6) is 0. The zero-order chi connectivity index (χ0) is 14.6. The lowest BCUT2D eigenvalue weighted by Gasteiger charge is -2.10. The number of urea groups is 1. The van der Waals surface area contributed by atoms with E-state index >= 15 is 0 Å². The minimum Gasteiger partial charge on any atom is -0.334 e. The number of rotatable bonds is 3. The number of halogens is 3. The van der Waals surface area contributed by atoms with E-state index < -0.39 is 17.8 Å². The number of benzene rings is 1. The molecular formula is C12H11F3N4O. The van der Waals surface area contributed by atoms with Gasteiger partial charge in [0.15, 0.2) is 0 Å². The SMILES string of the molecule is O=C(NCc1cn[nH]c1)Nc1cccc(C(F)(F)F)c1. The minimum atomic E-state index is -4.44. The summed E-state index contributed by atoms with van der Waals surface area (Å²) in [6.45, 7) is 0.224. The second-order valence-corrected chi connectivity index (χ2v) is 3.99. The van der Waals surface area contributed by atoms with Gasteiger partial charge in [-0.2, -0.15) is 18.3 Å². The fourth-order valence-electron chi connectivity index (χ4n) is 1.51. The molecule has 0 bridgehead atoms. The van der Waals surface area contributed by atoms with Crippen LogP contribution in [0.2, 0.25) is 0 Å². The maximum Gasteiger partial charge on any atom is 0.416 e. The number of carbonyl (C=O) groups is 1. The number of H-pyrrole nitrogens is 1. The van der Waals surface area contributed by atoms with Gasteiger partial charge < -0.3 is 10.6 Å². The van der Waals surface area contributed by atoms with Gasteiger partial charge in [0.1, 0.15) is 0 Å². The average molecular weight is 284 g/mol. The number of hydrogen-bond donors (Lipinski definition) is 3. The summed E-state index contributed by atoms with van der Waals surface area (Å²) < 4.78 is 37.5. The lowest BCUT2D eigenvalue weighted by atomic mass is 10.2. The van der Waals surface area contributed by atoms with Gasteiger partial charge in [-0.1, -0.05) is 6.07 Å². The molecule has 1 aromatic carbocycles. The fraction of sp³-hybridized carbons (Fsp3) is 0.167. The normalized spacial score (nSPS) is 11.2. The molecule has 0 aliphatic heterocycles. The number of nitrogens with one attached hydrogen (secondary N) is 3. The van der Waals surface area contributed by atoms with Crippen LogP contribution in [0.15, 0.2) is 36.7 Å². The Morgan fingerprint density at radius 1 is 1.35 bits per heavy atom. The van der Waals surface area contributed by atoms with Crippen molar-refractivity contribution in [1.82, 2.24) is 15.5 Å². The van der Waals surface area contributed by atoms with E-state index in [0.29, 0.717) is 0 Å². The first-order chi connectivity index (χ1) is 9.45. The summed E-state index contributed by atoms with van der Waals surface area (Å²) in [5, 5.41) is 11.1. The predicted octanol–water partition coefficient (Wildman–Crippen LogP) is 2.75. The third kappa shape index (κ3) is 3.74. The number of anilines is 1. The van der Waals surface area contributed by atoms with E-state index in [9.17, 15) is 18.0 Å². The van der Waals surface area contributed by atoms with Crippen LogP contribution >= 0.6 is 0 Å². The van der Waals surface area contributed by atoms with Gasteiger partial charge >= 0.3 is 12.2 Å². The van der Waals surface area contributed by atoms with E-state index in [-0.39, 0.29) is 12.2 Å². The molecule has 106 valence electrons. The van der Waals surface area contributed by atoms with Crippen LogP contribution in [0.5, 0.6) is 0 Å². The Hall–Kier alpha value is -2.51. The smallest absolute Gasteiger partial charge is 0.334 e. The number of aromatic amines is 1. The highest BCUT2D eigenvalue weighted by Crippen LogP contribution is 2.30. The molecular weight excluding hydrogens is 273 g/mol. The summed E-state index contributed by atoms with van der Waals surface area (Å²) in [6, 6.07) is 3.83. The molecule has 0 saturated carbocycles. The Bertz CT molecular complexity index is 581. The van der Waals surface area contributed by atoms with E-state index in [2.05, 4.69) is 20.8 Å². The fourth-order valence-corrected chi connectivity index (χ4v) is 1.51. The van der Waals surface area contributed by atoms with E-state index in [1.807, 2.05) is 0 Å². The monoisotopic (exact) mass is 284 g/mol. The zero-order valence-corrected chi connectivity index (χ0v) is 10.2. The van der Waals surface area contributed by atoms with Gasteiger partial charge in [-0.05, 0) is 18.2 Å². The number of alkyl halides is 3. The summed E-state index contributed by atoms with van der Waals surface area (Å²) in [7, 11) is 0. The van der Waals surface area contributed by atoms with Crippen LogP contribution in [0.3, 0.4) is 0 Å². The van der Waals surface area contributed by atoms with Crippen molar-refractivity contribution in [2.24, 2.45) is 0 Å². The second kappa shape index (κ2) is 5.64. The van der Waals surface area contributed by atoms with Crippen molar-refractivity contribution in [2.75, 3.05) is 5.32 Å². The van der Waals surface area contributed by atoms with Crippen LogP contribution in [0.25, 0.3) is 0 Å². The molecule has 0 unspecified atom stereocenters. The molecule has 3 N–H and O–H groups in total. The Morgan fingerprint density at radius 2 is 2.15 bits per heavy atom. The Balaban J connectivity index is 1.94. The summed E-state index contributed by atoms with van der Waals surface area (Å²) in [4.78, 5) is 11.5. The van der Waals surface area contributed by atoms with Crippen molar-refractivity contribution in [3.05, 3.63) is 47.8 Å². The molecule has 0 radical (unpaired) electrons. The molecule has 1 heterocycles. The number of aromatic nitrogens is 2. The third-order valence-corrected chi connectivity index (χ3v) is 2.46. The summed E-state index contributed by atoms with van der Waals surface area (Å²) in [5.41, 5.74) is 0.0128. The highest BCUT2D eigenvalue weighted by molar-refractivity contribution is 5.89. The molecule has 0 atom stereocenters. The molecule has 0 aliphatic rings. The van der Waals surface area contributed by atoms with Gasteiger partial charge in [0.2, 0.25) is 0 Å². The van der Waals surface area contributed by atoms with Crippen molar-refractivity contribution >= 4 is 11.7 Å². The van der Waals surface area contributed by atoms with Gasteiger partial charge in [0.05, 0.1) is 11.8 Å². The summed E-state index contributed by atoms with van der Waals surface area (Å²) >= 11 is 0. The number of nitrogens with zero attached hydrogens (tertiary/aromatic N) is 1. The summed E-state index contributed by atoms with van der Waals surface area (Å²) in [6.07, 6.45) is -1.31. The van der Waals surface area contributed by atoms with Gasteiger partial charge in [0, 0.05) is 24.0 Å². The Labute approximate surface area is 112 Å². The molecule has 0 saturated heterocycles. The molecule has 5 nitrogen and oxygen atoms in total. The number of hydrogen-bond acceptors (Lipinski definition) is 2. The zero-order valence-electron chi connectivity index (χ0n) is 10.2. The number of amides is 2. The molecule has 0 fully saturated rings. The van der Waals surface area contributed by atoms with Crippen LogP contribution < -0.4 is 10.6 Å². The molecule has 8 heteroatoms. The standard InChI is InChI=1S/C12H11F3N4O/c13-12(14,15)9-2-1-3-10(4-9)19-11(20)16-5-8-6-17-18-7-8/h1-4,6-7H,5H2,(H,17,18)(H2,16,19,20). The van der Waals surface area contributed by atoms with Crippen molar-refractivity contribution in [2.45, 2.75) is 12.7 Å². The van der Waals surface area contributed by atoms with Crippen molar-refractivity contribution < 1.29 is 18.0 Å². The van der Waals surface area contributed by atoms with Gasteiger partial charge in [-0.3, -0.25) is 5.10 Å². The van der Waals surface area contributed by atoms with E-state index in [1.54, 1.807) is 6.20 Å². The quantitative estimate of drug-likeness (QED) is 0.811. The molecule has 0 aliphatic carbocycles. The highest BCUT2D eigenvalue weighted by atomic mass is 19.4. The van der Waals surface area contributed by atoms with Gasteiger partial charge in [-0.25, -0.2) is 4.79 Å². The molecule has 2 aromatic rings. The predicted molar refractivity (Wildman–Crippen MR) is 65.9 cm³/mol. The van der Waals surface area contributed by atoms with E-state index in [1.165, 1.54) is 18.3 Å². The maximum absolute atomic E-state index is 12.5. The first-order valence-corrected chi connectivity index (χ1v) is 5.65. The molecule has 20 heavy (non-hydrogen) atoms. The van der Waals surface area contributed by atoms with Crippen molar-refractivity contribution in [1.29, 1.82) is 0 Å². The van der Waals surface area contributed by atoms with Crippen LogP contribution in [0, 0.1) is 0 Å². The molecule has 0 spiro atoms.